The second-order valence-electron chi connectivity index (χ2n) is 3.17. The van der Waals surface area contributed by atoms with Crippen LogP contribution >= 0.6 is 0 Å². The summed E-state index contributed by atoms with van der Waals surface area (Å²) in [5.74, 6) is -7.89. The van der Waals surface area contributed by atoms with E-state index < -0.39 is 45.3 Å². The number of halogens is 3. The molecule has 4 nitrogen and oxygen atoms in total. The van der Waals surface area contributed by atoms with Gasteiger partial charge in [-0.3, -0.25) is 4.79 Å². The third-order valence-electron chi connectivity index (χ3n) is 2.09. The molecule has 0 aromatic carbocycles. The Bertz CT molecular complexity index is 345. The maximum absolute atomic E-state index is 12.2. The standard InChI is InChI=1S/C6H7F3O4S/c7-6(8,9)4-2-14(12,13)1-3(4)5(10)11/h3-4H,1-2H2,(H,10,11)/t3-,4-/m0/s1. The normalized spacial score (nSPS) is 31.6. The zero-order valence-electron chi connectivity index (χ0n) is 6.78. The first-order chi connectivity index (χ1) is 6.13. The highest BCUT2D eigenvalue weighted by Gasteiger charge is 2.55. The predicted octanol–water partition coefficient (Wildman–Crippen LogP) is 0.294. The van der Waals surface area contributed by atoms with Gasteiger partial charge in [0.25, 0.3) is 0 Å². The van der Waals surface area contributed by atoms with Crippen LogP contribution in [0.1, 0.15) is 0 Å². The summed E-state index contributed by atoms with van der Waals surface area (Å²) in [5, 5.41) is 8.41. The molecule has 0 saturated carbocycles. The molecule has 8 heteroatoms. The number of alkyl halides is 3. The molecule has 1 rings (SSSR count). The summed E-state index contributed by atoms with van der Waals surface area (Å²) >= 11 is 0. The monoisotopic (exact) mass is 232 g/mol. The number of carbonyl (C=O) groups is 1. The molecule has 1 fully saturated rings. The molecule has 2 atom stereocenters. The molecule has 0 unspecified atom stereocenters. The van der Waals surface area contributed by atoms with Crippen LogP contribution in [0.15, 0.2) is 0 Å². The first kappa shape index (κ1) is 11.3. The molecular weight excluding hydrogens is 225 g/mol. The second kappa shape index (κ2) is 3.11. The van der Waals surface area contributed by atoms with Crippen molar-refractivity contribution in [1.82, 2.24) is 0 Å². The Hall–Kier alpha value is -0.790. The number of aliphatic carboxylic acids is 1. The van der Waals surface area contributed by atoms with Crippen molar-refractivity contribution in [2.75, 3.05) is 11.5 Å². The van der Waals surface area contributed by atoms with Crippen LogP contribution in [-0.4, -0.2) is 37.2 Å². The number of carboxylic acid groups (broad SMARTS) is 1. The number of hydrogen-bond acceptors (Lipinski definition) is 3. The molecule has 0 aromatic heterocycles. The third-order valence-corrected chi connectivity index (χ3v) is 3.82. The Morgan fingerprint density at radius 3 is 2.07 bits per heavy atom. The Morgan fingerprint density at radius 1 is 1.29 bits per heavy atom. The second-order valence-corrected chi connectivity index (χ2v) is 5.32. The highest BCUT2D eigenvalue weighted by atomic mass is 32.2. The number of hydrogen-bond donors (Lipinski definition) is 1. The van der Waals surface area contributed by atoms with E-state index in [0.29, 0.717) is 0 Å². The Labute approximate surface area is 77.6 Å². The van der Waals surface area contributed by atoms with Crippen LogP contribution in [0.25, 0.3) is 0 Å². The molecule has 1 heterocycles. The highest BCUT2D eigenvalue weighted by Crippen LogP contribution is 2.38. The fourth-order valence-electron chi connectivity index (χ4n) is 1.41. The van der Waals surface area contributed by atoms with Crippen molar-refractivity contribution < 1.29 is 31.5 Å². The van der Waals surface area contributed by atoms with Crippen molar-refractivity contribution in [1.29, 1.82) is 0 Å². The minimum Gasteiger partial charge on any atom is -0.481 e. The molecule has 0 spiro atoms. The molecule has 0 aliphatic carbocycles. The van der Waals surface area contributed by atoms with E-state index in [1.54, 1.807) is 0 Å². The first-order valence-electron chi connectivity index (χ1n) is 3.63. The predicted molar refractivity (Wildman–Crippen MR) is 39.3 cm³/mol. The van der Waals surface area contributed by atoms with Gasteiger partial charge in [-0.1, -0.05) is 0 Å². The summed E-state index contributed by atoms with van der Waals surface area (Å²) in [6.07, 6.45) is -4.77. The fourth-order valence-corrected chi connectivity index (χ4v) is 3.44. The van der Waals surface area contributed by atoms with Gasteiger partial charge in [0.05, 0.1) is 23.3 Å². The molecule has 1 aliphatic heterocycles. The van der Waals surface area contributed by atoms with Crippen molar-refractivity contribution in [2.45, 2.75) is 6.18 Å². The SMILES string of the molecule is O=C(O)[C@H]1CS(=O)(=O)C[C@@H]1C(F)(F)F. The summed E-state index contributed by atoms with van der Waals surface area (Å²) in [6.45, 7) is 0. The zero-order valence-corrected chi connectivity index (χ0v) is 7.60. The van der Waals surface area contributed by atoms with E-state index in [1.165, 1.54) is 0 Å². The summed E-state index contributed by atoms with van der Waals surface area (Å²) < 4.78 is 58.2. The Morgan fingerprint density at radius 2 is 1.79 bits per heavy atom. The van der Waals surface area contributed by atoms with E-state index >= 15 is 0 Å². The van der Waals surface area contributed by atoms with Gasteiger partial charge < -0.3 is 5.11 Å². The maximum Gasteiger partial charge on any atom is 0.393 e. The lowest BCUT2D eigenvalue weighted by molar-refractivity contribution is -0.186. The van der Waals surface area contributed by atoms with Gasteiger partial charge >= 0.3 is 12.1 Å². The Kier molecular flexibility index (Phi) is 2.51. The molecule has 1 aliphatic rings. The molecule has 14 heavy (non-hydrogen) atoms. The van der Waals surface area contributed by atoms with Crippen molar-refractivity contribution in [3.8, 4) is 0 Å². The minimum atomic E-state index is -4.77. The van der Waals surface area contributed by atoms with E-state index in [0.717, 1.165) is 0 Å². The average molecular weight is 232 g/mol. The van der Waals surface area contributed by atoms with Gasteiger partial charge in [-0.2, -0.15) is 13.2 Å². The van der Waals surface area contributed by atoms with Gasteiger partial charge in [0.2, 0.25) is 0 Å². The summed E-state index contributed by atoms with van der Waals surface area (Å²) in [4.78, 5) is 10.4. The zero-order chi connectivity index (χ0) is 11.1. The van der Waals surface area contributed by atoms with Crippen LogP contribution in [0.2, 0.25) is 0 Å². The van der Waals surface area contributed by atoms with Crippen LogP contribution in [0.4, 0.5) is 13.2 Å². The quantitative estimate of drug-likeness (QED) is 0.705. The number of sulfone groups is 1. The summed E-state index contributed by atoms with van der Waals surface area (Å²) in [6, 6.07) is 0. The maximum atomic E-state index is 12.2. The summed E-state index contributed by atoms with van der Waals surface area (Å²) in [5.41, 5.74) is 0. The van der Waals surface area contributed by atoms with Crippen molar-refractivity contribution in [2.24, 2.45) is 11.8 Å². The third kappa shape index (κ3) is 2.17. The molecule has 82 valence electrons. The van der Waals surface area contributed by atoms with Crippen molar-refractivity contribution >= 4 is 15.8 Å². The van der Waals surface area contributed by atoms with Gasteiger partial charge in [-0.15, -0.1) is 0 Å². The molecule has 0 bridgehead atoms. The highest BCUT2D eigenvalue weighted by molar-refractivity contribution is 7.91. The molecule has 0 aromatic rings. The van der Waals surface area contributed by atoms with E-state index in [1.807, 2.05) is 0 Å². The van der Waals surface area contributed by atoms with Crippen molar-refractivity contribution in [3.05, 3.63) is 0 Å². The fraction of sp³-hybridized carbons (Fsp3) is 0.833. The molecule has 0 amide bonds. The van der Waals surface area contributed by atoms with Gasteiger partial charge in [0.15, 0.2) is 9.84 Å². The van der Waals surface area contributed by atoms with Gasteiger partial charge in [0.1, 0.15) is 0 Å². The van der Waals surface area contributed by atoms with Crippen LogP contribution in [0.3, 0.4) is 0 Å². The van der Waals surface area contributed by atoms with E-state index in [9.17, 15) is 26.4 Å². The first-order valence-corrected chi connectivity index (χ1v) is 5.45. The van der Waals surface area contributed by atoms with E-state index in [-0.39, 0.29) is 0 Å². The molecule has 1 N–H and O–H groups in total. The smallest absolute Gasteiger partial charge is 0.393 e. The Balaban J connectivity index is 3.01. The summed E-state index contributed by atoms with van der Waals surface area (Å²) in [7, 11) is -3.87. The minimum absolute atomic E-state index is 0.924. The lowest BCUT2D eigenvalue weighted by atomic mass is 9.96. The molecule has 0 radical (unpaired) electrons. The van der Waals surface area contributed by atoms with Crippen LogP contribution < -0.4 is 0 Å². The van der Waals surface area contributed by atoms with Crippen LogP contribution in [-0.2, 0) is 14.6 Å². The number of carboxylic acids is 1. The molecular formula is C6H7F3O4S. The number of rotatable bonds is 1. The van der Waals surface area contributed by atoms with Crippen LogP contribution in [0, 0.1) is 11.8 Å². The van der Waals surface area contributed by atoms with Gasteiger partial charge in [0, 0.05) is 0 Å². The molecule has 1 saturated heterocycles. The van der Waals surface area contributed by atoms with E-state index in [2.05, 4.69) is 0 Å². The topological polar surface area (TPSA) is 71.4 Å². The van der Waals surface area contributed by atoms with Crippen LogP contribution in [0.5, 0.6) is 0 Å². The van der Waals surface area contributed by atoms with Gasteiger partial charge in [-0.05, 0) is 0 Å². The average Bonchev–Trinajstić information content (AvgIpc) is 2.24. The van der Waals surface area contributed by atoms with Gasteiger partial charge in [-0.25, -0.2) is 8.42 Å². The lowest BCUT2D eigenvalue weighted by Gasteiger charge is -2.16. The van der Waals surface area contributed by atoms with Crippen molar-refractivity contribution in [3.63, 3.8) is 0 Å². The van der Waals surface area contributed by atoms with E-state index in [4.69, 9.17) is 5.11 Å². The lowest BCUT2D eigenvalue weighted by Crippen LogP contribution is -2.33. The largest absolute Gasteiger partial charge is 0.481 e.